The van der Waals surface area contributed by atoms with Crippen LogP contribution in [0.25, 0.3) is 0 Å². The molecule has 0 spiro atoms. The molecule has 5 nitrogen and oxygen atoms in total. The van der Waals surface area contributed by atoms with E-state index in [4.69, 9.17) is 10.7 Å². The molecule has 106 valence electrons. The fourth-order valence-electron chi connectivity index (χ4n) is 1.48. The minimum atomic E-state index is -4.09. The third-order valence-corrected chi connectivity index (χ3v) is 5.54. The van der Waals surface area contributed by atoms with Crippen LogP contribution in [0, 0.1) is 11.7 Å². The third kappa shape index (κ3) is 3.65. The highest BCUT2D eigenvalue weighted by Gasteiger charge is 2.26. The molecule has 0 unspecified atom stereocenters. The minimum Gasteiger partial charge on any atom is -0.211 e. The second-order valence-electron chi connectivity index (χ2n) is 4.33. The molecular formula is C10H11ClFNO4S2. The summed E-state index contributed by atoms with van der Waals surface area (Å²) in [6, 6.07) is 2.44. The average Bonchev–Trinajstić information content (AvgIpc) is 3.08. The second kappa shape index (κ2) is 5.01. The Balaban J connectivity index is 2.29. The van der Waals surface area contributed by atoms with Crippen molar-refractivity contribution in [3.05, 3.63) is 24.0 Å². The summed E-state index contributed by atoms with van der Waals surface area (Å²) < 4.78 is 61.6. The minimum absolute atomic E-state index is 0.261. The molecule has 1 aromatic rings. The van der Waals surface area contributed by atoms with Crippen LogP contribution in [-0.2, 0) is 19.1 Å². The summed E-state index contributed by atoms with van der Waals surface area (Å²) in [7, 11) is -3.01. The predicted molar refractivity (Wildman–Crippen MR) is 67.4 cm³/mol. The molecular weight excluding hydrogens is 317 g/mol. The molecule has 0 bridgehead atoms. The van der Waals surface area contributed by atoms with Crippen molar-refractivity contribution in [1.82, 2.24) is 4.72 Å². The molecule has 1 saturated carbocycles. The van der Waals surface area contributed by atoms with Gasteiger partial charge in [-0.1, -0.05) is 0 Å². The van der Waals surface area contributed by atoms with Crippen LogP contribution >= 0.6 is 10.7 Å². The van der Waals surface area contributed by atoms with Crippen LogP contribution in [0.5, 0.6) is 0 Å². The Morgan fingerprint density at radius 1 is 1.26 bits per heavy atom. The van der Waals surface area contributed by atoms with Gasteiger partial charge in [0.1, 0.15) is 10.7 Å². The molecule has 1 aliphatic carbocycles. The molecule has 2 rings (SSSR count). The highest BCUT2D eigenvalue weighted by Crippen LogP contribution is 2.28. The van der Waals surface area contributed by atoms with Gasteiger partial charge >= 0.3 is 0 Å². The maximum Gasteiger partial charge on any atom is 0.261 e. The van der Waals surface area contributed by atoms with Gasteiger partial charge in [0, 0.05) is 17.2 Å². The summed E-state index contributed by atoms with van der Waals surface area (Å²) in [5, 5.41) is 0. The molecule has 1 fully saturated rings. The Hall–Kier alpha value is -0.700. The molecule has 0 aliphatic heterocycles. The van der Waals surface area contributed by atoms with Crippen molar-refractivity contribution in [2.24, 2.45) is 5.92 Å². The lowest BCUT2D eigenvalue weighted by Crippen LogP contribution is -2.26. The summed E-state index contributed by atoms with van der Waals surface area (Å²) in [6.45, 7) is 0.261. The van der Waals surface area contributed by atoms with Crippen LogP contribution in [0.1, 0.15) is 12.8 Å². The molecule has 0 atom stereocenters. The number of benzene rings is 1. The van der Waals surface area contributed by atoms with Crippen molar-refractivity contribution >= 4 is 29.8 Å². The zero-order chi connectivity index (χ0) is 14.3. The van der Waals surface area contributed by atoms with Crippen LogP contribution in [0.15, 0.2) is 28.0 Å². The van der Waals surface area contributed by atoms with Gasteiger partial charge in [0.25, 0.3) is 9.05 Å². The van der Waals surface area contributed by atoms with E-state index in [0.29, 0.717) is 12.0 Å². The Kier molecular flexibility index (Phi) is 3.87. The Morgan fingerprint density at radius 2 is 1.89 bits per heavy atom. The monoisotopic (exact) mass is 327 g/mol. The topological polar surface area (TPSA) is 80.3 Å². The van der Waals surface area contributed by atoms with Crippen LogP contribution in [0.4, 0.5) is 4.39 Å². The number of nitrogens with one attached hydrogen (secondary N) is 1. The van der Waals surface area contributed by atoms with E-state index in [2.05, 4.69) is 4.72 Å². The van der Waals surface area contributed by atoms with Crippen molar-refractivity contribution < 1.29 is 21.2 Å². The Bertz CT molecular complexity index is 698. The first-order valence-electron chi connectivity index (χ1n) is 5.44. The lowest BCUT2D eigenvalue weighted by atomic mass is 10.3. The van der Waals surface area contributed by atoms with Crippen molar-refractivity contribution in [3.63, 3.8) is 0 Å². The normalized spacial score (nSPS) is 16.5. The van der Waals surface area contributed by atoms with Crippen LogP contribution in [0.2, 0.25) is 0 Å². The first-order chi connectivity index (χ1) is 8.70. The van der Waals surface area contributed by atoms with Crippen LogP contribution < -0.4 is 4.72 Å². The quantitative estimate of drug-likeness (QED) is 0.830. The van der Waals surface area contributed by atoms with Gasteiger partial charge in [-0.15, -0.1) is 0 Å². The fraction of sp³-hybridized carbons (Fsp3) is 0.400. The third-order valence-electron chi connectivity index (χ3n) is 2.73. The lowest BCUT2D eigenvalue weighted by molar-refractivity contribution is 0.551. The maximum atomic E-state index is 13.7. The van der Waals surface area contributed by atoms with Crippen molar-refractivity contribution in [2.45, 2.75) is 22.6 Å². The molecule has 1 aliphatic rings. The summed E-state index contributed by atoms with van der Waals surface area (Å²) in [6.07, 6.45) is 1.91. The van der Waals surface area contributed by atoms with Crippen molar-refractivity contribution in [1.29, 1.82) is 0 Å². The molecule has 0 saturated heterocycles. The smallest absolute Gasteiger partial charge is 0.211 e. The molecule has 0 heterocycles. The maximum absolute atomic E-state index is 13.7. The molecule has 0 aromatic heterocycles. The van der Waals surface area contributed by atoms with E-state index >= 15 is 0 Å². The fourth-order valence-corrected chi connectivity index (χ4v) is 3.41. The van der Waals surface area contributed by atoms with E-state index in [1.807, 2.05) is 0 Å². The molecule has 19 heavy (non-hydrogen) atoms. The first kappa shape index (κ1) is 14.7. The molecule has 0 radical (unpaired) electrons. The van der Waals surface area contributed by atoms with Gasteiger partial charge in [-0.05, 0) is 37.0 Å². The van der Waals surface area contributed by atoms with E-state index in [-0.39, 0.29) is 6.54 Å². The van der Waals surface area contributed by atoms with Gasteiger partial charge in [-0.25, -0.2) is 25.9 Å². The first-order valence-corrected chi connectivity index (χ1v) is 9.23. The number of rotatable bonds is 5. The van der Waals surface area contributed by atoms with E-state index in [1.165, 1.54) is 0 Å². The van der Waals surface area contributed by atoms with E-state index < -0.39 is 34.7 Å². The predicted octanol–water partition coefficient (Wildman–Crippen LogP) is 1.44. The summed E-state index contributed by atoms with van der Waals surface area (Å²) in [4.78, 5) is -1.06. The number of hydrogen-bond donors (Lipinski definition) is 1. The molecule has 0 amide bonds. The number of halogens is 2. The van der Waals surface area contributed by atoms with Gasteiger partial charge in [-0.2, -0.15) is 0 Å². The van der Waals surface area contributed by atoms with Crippen molar-refractivity contribution in [2.75, 3.05) is 6.54 Å². The summed E-state index contributed by atoms with van der Waals surface area (Å²) in [5.41, 5.74) is 0. The van der Waals surface area contributed by atoms with E-state index in [9.17, 15) is 21.2 Å². The second-order valence-corrected chi connectivity index (χ2v) is 8.63. The molecule has 9 heteroatoms. The van der Waals surface area contributed by atoms with Gasteiger partial charge in [0.15, 0.2) is 0 Å². The highest BCUT2D eigenvalue weighted by atomic mass is 35.7. The standard InChI is InChI=1S/C10H11ClFNO4S2/c11-18(14,15)8-3-4-10(9(12)5-8)19(16,17)13-6-7-1-2-7/h3-5,7,13H,1-2,6H2. The van der Waals surface area contributed by atoms with Gasteiger partial charge in [0.05, 0.1) is 4.90 Å². The average molecular weight is 328 g/mol. The number of sulfonamides is 1. The van der Waals surface area contributed by atoms with Gasteiger partial charge < -0.3 is 0 Å². The largest absolute Gasteiger partial charge is 0.261 e. The molecule has 1 aromatic carbocycles. The lowest BCUT2D eigenvalue weighted by Gasteiger charge is -2.07. The molecule has 1 N–H and O–H groups in total. The van der Waals surface area contributed by atoms with Gasteiger partial charge in [0.2, 0.25) is 10.0 Å². The van der Waals surface area contributed by atoms with Crippen LogP contribution in [0.3, 0.4) is 0 Å². The van der Waals surface area contributed by atoms with Gasteiger partial charge in [-0.3, -0.25) is 0 Å². The SMILES string of the molecule is O=S(=O)(Cl)c1ccc(S(=O)(=O)NCC2CC2)c(F)c1. The highest BCUT2D eigenvalue weighted by molar-refractivity contribution is 8.13. The Labute approximate surface area is 115 Å². The number of hydrogen-bond acceptors (Lipinski definition) is 4. The van der Waals surface area contributed by atoms with Crippen LogP contribution in [-0.4, -0.2) is 23.4 Å². The summed E-state index contributed by atoms with van der Waals surface area (Å²) >= 11 is 0. The zero-order valence-corrected chi connectivity index (χ0v) is 12.0. The summed E-state index contributed by atoms with van der Waals surface area (Å²) in [5.74, 6) is -0.842. The van der Waals surface area contributed by atoms with Crippen molar-refractivity contribution in [3.8, 4) is 0 Å². The van der Waals surface area contributed by atoms with E-state index in [0.717, 1.165) is 25.0 Å². The van der Waals surface area contributed by atoms with E-state index in [1.54, 1.807) is 0 Å². The Morgan fingerprint density at radius 3 is 2.37 bits per heavy atom. The zero-order valence-electron chi connectivity index (χ0n) is 9.64.